The number of carbonyl (C=O) groups excluding carboxylic acids is 3. The van der Waals surface area contributed by atoms with Crippen LogP contribution in [-0.2, 0) is 9.59 Å². The maximum Gasteiger partial charge on any atom is 0.254 e. The highest BCUT2D eigenvalue weighted by Crippen LogP contribution is 2.33. The molecule has 3 aromatic rings. The highest BCUT2D eigenvalue weighted by Gasteiger charge is 2.24. The Morgan fingerprint density at radius 1 is 0.957 bits per heavy atom. The summed E-state index contributed by atoms with van der Waals surface area (Å²) in [4.78, 5) is 42.4. The monoisotopic (exact) mass is 654 g/mol. The van der Waals surface area contributed by atoms with Crippen LogP contribution in [-0.4, -0.2) is 78.6 Å². The van der Waals surface area contributed by atoms with E-state index in [1.54, 1.807) is 6.20 Å². The van der Waals surface area contributed by atoms with Crippen molar-refractivity contribution < 1.29 is 19.1 Å². The van der Waals surface area contributed by atoms with Crippen LogP contribution in [0.3, 0.4) is 0 Å². The summed E-state index contributed by atoms with van der Waals surface area (Å²) in [5.74, 6) is 2.35. The molecule has 0 bridgehead atoms. The fourth-order valence-electron chi connectivity index (χ4n) is 4.60. The molecule has 1 amide bonds. The Balaban J connectivity index is 0.000000936. The minimum Gasteiger partial charge on any atom is -0.489 e. The zero-order chi connectivity index (χ0) is 34.8. The summed E-state index contributed by atoms with van der Waals surface area (Å²) in [5.41, 5.74) is 4.16. The molecule has 1 aliphatic heterocycles. The van der Waals surface area contributed by atoms with Crippen molar-refractivity contribution in [2.24, 2.45) is 5.92 Å². The number of aromatic nitrogens is 2. The zero-order valence-electron chi connectivity index (χ0n) is 28.7. The average Bonchev–Trinajstić information content (AvgIpc) is 3.03. The maximum atomic E-state index is 13.3. The Morgan fingerprint density at radius 2 is 1.59 bits per heavy atom. The van der Waals surface area contributed by atoms with E-state index in [2.05, 4.69) is 53.3 Å². The molecule has 0 saturated carbocycles. The maximum absolute atomic E-state index is 13.3. The lowest BCUT2D eigenvalue weighted by atomic mass is 10.0. The fraction of sp³-hybridized carbons (Fsp3) is 0.457. The van der Waals surface area contributed by atoms with E-state index in [4.69, 9.17) is 25.9 Å². The molecule has 2 aromatic carbocycles. The molecule has 1 aromatic heterocycles. The molecule has 1 fully saturated rings. The Morgan fingerprint density at radius 3 is 2.13 bits per heavy atom. The predicted octanol–water partition coefficient (Wildman–Crippen LogP) is 7.48. The van der Waals surface area contributed by atoms with Crippen molar-refractivity contribution in [2.75, 3.05) is 43.9 Å². The second kappa shape index (κ2) is 20.9. The molecule has 2 N–H and O–H groups in total. The fourth-order valence-corrected chi connectivity index (χ4v) is 4.74. The van der Waals surface area contributed by atoms with Gasteiger partial charge in [-0.05, 0) is 70.0 Å². The first-order valence-corrected chi connectivity index (χ1v) is 15.8. The molecule has 46 heavy (non-hydrogen) atoms. The minimum absolute atomic E-state index is 0.0215. The number of ether oxygens (including phenoxy) is 1. The number of amides is 1. The lowest BCUT2D eigenvalue weighted by Crippen LogP contribution is -2.47. The highest BCUT2D eigenvalue weighted by atomic mass is 35.5. The number of benzene rings is 2. The SMILES string of the molecule is C=O.C=O.CCCC(C)C.Cc1ccccc1Nc1nc(Nc2cc(C)c(C(=O)N3CCN(C)CC3)cc2OC(C)C)ncc1Cl. The smallest absolute Gasteiger partial charge is 0.254 e. The van der Waals surface area contributed by atoms with Gasteiger partial charge in [0.15, 0.2) is 5.82 Å². The summed E-state index contributed by atoms with van der Waals surface area (Å²) in [6.45, 7) is 21.7. The number of piperazine rings is 1. The summed E-state index contributed by atoms with van der Waals surface area (Å²) in [7, 11) is 2.07. The van der Waals surface area contributed by atoms with Gasteiger partial charge < -0.3 is 34.8 Å². The zero-order valence-corrected chi connectivity index (χ0v) is 29.4. The first-order valence-electron chi connectivity index (χ1n) is 15.5. The molecular weight excluding hydrogens is 604 g/mol. The van der Waals surface area contributed by atoms with Crippen LogP contribution in [0.15, 0.2) is 42.6 Å². The van der Waals surface area contributed by atoms with E-state index in [1.165, 1.54) is 12.8 Å². The van der Waals surface area contributed by atoms with Crippen molar-refractivity contribution in [3.05, 3.63) is 64.3 Å². The van der Waals surface area contributed by atoms with E-state index in [0.29, 0.717) is 46.9 Å². The van der Waals surface area contributed by atoms with E-state index in [-0.39, 0.29) is 12.0 Å². The Bertz CT molecular complexity index is 1360. The third-order valence-electron chi connectivity index (χ3n) is 6.96. The molecule has 0 radical (unpaired) electrons. The Kier molecular flexibility index (Phi) is 18.2. The highest BCUT2D eigenvalue weighted by molar-refractivity contribution is 6.32. The summed E-state index contributed by atoms with van der Waals surface area (Å²) < 4.78 is 6.09. The summed E-state index contributed by atoms with van der Waals surface area (Å²) in [5, 5.41) is 6.95. The van der Waals surface area contributed by atoms with E-state index >= 15 is 0 Å². The van der Waals surface area contributed by atoms with Crippen molar-refractivity contribution in [3.63, 3.8) is 0 Å². The van der Waals surface area contributed by atoms with Gasteiger partial charge in [0.1, 0.15) is 24.4 Å². The van der Waals surface area contributed by atoms with E-state index in [0.717, 1.165) is 35.8 Å². The number of hydrogen-bond donors (Lipinski definition) is 2. The first kappa shape index (κ1) is 40.0. The van der Waals surface area contributed by atoms with E-state index in [1.807, 2.05) is 82.6 Å². The molecule has 0 unspecified atom stereocenters. The van der Waals surface area contributed by atoms with Crippen LogP contribution in [0, 0.1) is 19.8 Å². The summed E-state index contributed by atoms with van der Waals surface area (Å²) >= 11 is 6.38. The van der Waals surface area contributed by atoms with Crippen molar-refractivity contribution in [2.45, 2.75) is 67.4 Å². The number of halogens is 1. The normalized spacial score (nSPS) is 12.5. The number of hydrogen-bond acceptors (Lipinski definition) is 9. The van der Waals surface area contributed by atoms with Gasteiger partial charge in [0.25, 0.3) is 5.91 Å². The number of likely N-dealkylation sites (N-methyl/N-ethyl adjacent to an activating group) is 1. The average molecular weight is 655 g/mol. The van der Waals surface area contributed by atoms with Gasteiger partial charge in [-0.1, -0.05) is 63.4 Å². The van der Waals surface area contributed by atoms with Crippen LogP contribution >= 0.6 is 11.6 Å². The molecule has 11 heteroatoms. The van der Waals surface area contributed by atoms with Gasteiger partial charge in [0, 0.05) is 37.4 Å². The topological polar surface area (TPSA) is 117 Å². The first-order chi connectivity index (χ1) is 22.0. The lowest BCUT2D eigenvalue weighted by Gasteiger charge is -2.33. The van der Waals surface area contributed by atoms with Crippen LogP contribution in [0.5, 0.6) is 5.75 Å². The van der Waals surface area contributed by atoms with Gasteiger partial charge in [-0.15, -0.1) is 0 Å². The molecule has 0 atom stereocenters. The van der Waals surface area contributed by atoms with Crippen molar-refractivity contribution in [1.82, 2.24) is 19.8 Å². The van der Waals surface area contributed by atoms with Crippen LogP contribution in [0.4, 0.5) is 23.1 Å². The van der Waals surface area contributed by atoms with Gasteiger partial charge in [-0.2, -0.15) is 4.98 Å². The van der Waals surface area contributed by atoms with Gasteiger partial charge in [0.2, 0.25) is 5.95 Å². The predicted molar refractivity (Wildman–Crippen MR) is 189 cm³/mol. The molecule has 252 valence electrons. The molecule has 0 spiro atoms. The molecule has 0 aliphatic carbocycles. The molecule has 4 rings (SSSR count). The number of nitrogens with one attached hydrogen (secondary N) is 2. The van der Waals surface area contributed by atoms with Crippen LogP contribution in [0.25, 0.3) is 0 Å². The largest absolute Gasteiger partial charge is 0.489 e. The van der Waals surface area contributed by atoms with Crippen LogP contribution in [0.1, 0.15) is 68.9 Å². The molecule has 1 saturated heterocycles. The molecule has 10 nitrogen and oxygen atoms in total. The number of rotatable bonds is 9. The number of carbonyl (C=O) groups is 3. The Labute approximate surface area is 279 Å². The van der Waals surface area contributed by atoms with Crippen molar-refractivity contribution in [1.29, 1.82) is 0 Å². The number of nitrogens with zero attached hydrogens (tertiary/aromatic N) is 4. The van der Waals surface area contributed by atoms with E-state index < -0.39 is 0 Å². The number of anilines is 4. The quantitative estimate of drug-likeness (QED) is 0.242. The minimum atomic E-state index is -0.0794. The lowest BCUT2D eigenvalue weighted by molar-refractivity contribution is -0.0987. The molecule has 1 aliphatic rings. The van der Waals surface area contributed by atoms with Crippen molar-refractivity contribution >= 4 is 54.2 Å². The second-order valence-electron chi connectivity index (χ2n) is 11.6. The Hall–Kier alpha value is -4.02. The van der Waals surface area contributed by atoms with Gasteiger partial charge in [-0.3, -0.25) is 4.79 Å². The molecular formula is C35H51ClN6O4. The third-order valence-corrected chi connectivity index (χ3v) is 7.24. The standard InChI is InChI=1S/C27H33ClN6O2.C6H14.2CH2O/c1-17(2)36-24-15-20(26(35)34-12-10-33(5)11-13-34)19(4)14-23(24)31-27-29-16-21(28)25(32-27)30-22-9-7-6-8-18(22)3;1-4-5-6(2)3;2*1-2/h6-9,14-17H,10-13H2,1-5H3,(H2,29,30,31,32);6H,4-5H2,1-3H3;2*1H2. The second-order valence-corrected chi connectivity index (χ2v) is 12.0. The van der Waals surface area contributed by atoms with Crippen LogP contribution < -0.4 is 15.4 Å². The van der Waals surface area contributed by atoms with Crippen LogP contribution in [0.2, 0.25) is 5.02 Å². The number of para-hydroxylation sites is 1. The van der Waals surface area contributed by atoms with Gasteiger partial charge in [-0.25, -0.2) is 4.98 Å². The van der Waals surface area contributed by atoms with Crippen molar-refractivity contribution in [3.8, 4) is 5.75 Å². The third kappa shape index (κ3) is 12.8. The van der Waals surface area contributed by atoms with E-state index in [9.17, 15) is 4.79 Å². The van der Waals surface area contributed by atoms with Gasteiger partial charge in [0.05, 0.1) is 18.0 Å². The summed E-state index contributed by atoms with van der Waals surface area (Å²) in [6, 6.07) is 11.6. The van der Waals surface area contributed by atoms with Gasteiger partial charge >= 0.3 is 0 Å². The molecule has 2 heterocycles. The summed E-state index contributed by atoms with van der Waals surface area (Å²) in [6.07, 6.45) is 4.18. The number of aryl methyl sites for hydroxylation is 2.